The van der Waals surface area contributed by atoms with Crippen LogP contribution in [-0.2, 0) is 16.8 Å². The molecule has 1 amide bonds. The van der Waals surface area contributed by atoms with Gasteiger partial charge in [-0.3, -0.25) is 4.79 Å². The minimum Gasteiger partial charge on any atom is -0.355 e. The molecule has 1 N–H and O–H groups in total. The molecule has 0 saturated heterocycles. The summed E-state index contributed by atoms with van der Waals surface area (Å²) in [6, 6.07) is 20.6. The van der Waals surface area contributed by atoms with Crippen LogP contribution in [0.4, 0.5) is 0 Å². The number of carbonyl (C=O) groups is 1. The quantitative estimate of drug-likeness (QED) is 0.756. The average Bonchev–Trinajstić information content (AvgIpc) is 3.42. The van der Waals surface area contributed by atoms with Crippen LogP contribution < -0.4 is 5.32 Å². The summed E-state index contributed by atoms with van der Waals surface area (Å²) in [6.45, 7) is 2.67. The van der Waals surface area contributed by atoms with Crippen LogP contribution in [0.15, 0.2) is 60.7 Å². The number of hydrogen-bond donors (Lipinski definition) is 1. The zero-order valence-corrected chi connectivity index (χ0v) is 14.4. The topological polar surface area (TPSA) is 32.3 Å². The maximum absolute atomic E-state index is 12.5. The van der Waals surface area contributed by atoms with Crippen molar-refractivity contribution in [3.05, 3.63) is 71.8 Å². The number of hydrogen-bond acceptors (Lipinski definition) is 2. The molecule has 1 fully saturated rings. The molecule has 126 valence electrons. The summed E-state index contributed by atoms with van der Waals surface area (Å²) in [6.07, 6.45) is 2.91. The van der Waals surface area contributed by atoms with Gasteiger partial charge in [-0.15, -0.1) is 0 Å². The standard InChI is InChI=1S/C21H26N2O/c1-23(17-18-9-4-2-5-10-18)16-8-15-22-20(24)21(13-14-21)19-11-6-3-7-12-19/h2-7,9-12H,8,13-17H2,1H3,(H,22,24). The Balaban J connectivity index is 1.40. The van der Waals surface area contributed by atoms with Crippen molar-refractivity contribution in [2.45, 2.75) is 31.2 Å². The second-order valence-electron chi connectivity index (χ2n) is 6.78. The first-order valence-corrected chi connectivity index (χ1v) is 8.77. The average molecular weight is 322 g/mol. The molecule has 0 unspecified atom stereocenters. The third-order valence-electron chi connectivity index (χ3n) is 4.81. The van der Waals surface area contributed by atoms with E-state index in [2.05, 4.69) is 53.7 Å². The SMILES string of the molecule is CN(CCCNC(=O)C1(c2ccccc2)CC1)Cc1ccccc1. The molecule has 0 heterocycles. The van der Waals surface area contributed by atoms with Crippen LogP contribution >= 0.6 is 0 Å². The van der Waals surface area contributed by atoms with Gasteiger partial charge >= 0.3 is 0 Å². The molecule has 1 aliphatic rings. The van der Waals surface area contributed by atoms with Gasteiger partial charge in [0.25, 0.3) is 0 Å². The van der Waals surface area contributed by atoms with Gasteiger partial charge in [0.15, 0.2) is 0 Å². The van der Waals surface area contributed by atoms with Crippen LogP contribution in [0, 0.1) is 0 Å². The molecule has 1 saturated carbocycles. The van der Waals surface area contributed by atoms with Crippen LogP contribution in [0.5, 0.6) is 0 Å². The van der Waals surface area contributed by atoms with E-state index in [0.717, 1.165) is 44.5 Å². The molecule has 0 atom stereocenters. The smallest absolute Gasteiger partial charge is 0.230 e. The van der Waals surface area contributed by atoms with Crippen LogP contribution in [0.25, 0.3) is 0 Å². The zero-order valence-electron chi connectivity index (χ0n) is 14.4. The molecule has 0 spiro atoms. The van der Waals surface area contributed by atoms with E-state index in [1.807, 2.05) is 24.3 Å². The number of nitrogens with one attached hydrogen (secondary N) is 1. The number of benzene rings is 2. The van der Waals surface area contributed by atoms with Crippen molar-refractivity contribution in [2.24, 2.45) is 0 Å². The van der Waals surface area contributed by atoms with Crippen molar-refractivity contribution in [1.82, 2.24) is 10.2 Å². The third-order valence-corrected chi connectivity index (χ3v) is 4.81. The maximum atomic E-state index is 12.5. The van der Waals surface area contributed by atoms with E-state index in [-0.39, 0.29) is 11.3 Å². The van der Waals surface area contributed by atoms with E-state index in [1.54, 1.807) is 0 Å². The fourth-order valence-electron chi connectivity index (χ4n) is 3.22. The second kappa shape index (κ2) is 7.63. The van der Waals surface area contributed by atoms with Crippen molar-refractivity contribution in [1.29, 1.82) is 0 Å². The Morgan fingerprint density at radius 3 is 2.29 bits per heavy atom. The summed E-state index contributed by atoms with van der Waals surface area (Å²) in [5.74, 6) is 0.194. The lowest BCUT2D eigenvalue weighted by Gasteiger charge is -2.18. The van der Waals surface area contributed by atoms with Gasteiger partial charge in [-0.1, -0.05) is 60.7 Å². The Kier molecular flexibility index (Phi) is 5.31. The first kappa shape index (κ1) is 16.7. The molecular weight excluding hydrogens is 296 g/mol. The summed E-state index contributed by atoms with van der Waals surface area (Å²) < 4.78 is 0. The first-order chi connectivity index (χ1) is 11.7. The number of nitrogens with zero attached hydrogens (tertiary/aromatic N) is 1. The van der Waals surface area contributed by atoms with Gasteiger partial charge in [0.05, 0.1) is 5.41 Å². The lowest BCUT2D eigenvalue weighted by Crippen LogP contribution is -2.36. The number of carbonyl (C=O) groups excluding carboxylic acids is 1. The Morgan fingerprint density at radius 2 is 1.67 bits per heavy atom. The van der Waals surface area contributed by atoms with Crippen LogP contribution in [0.3, 0.4) is 0 Å². The van der Waals surface area contributed by atoms with E-state index < -0.39 is 0 Å². The minimum atomic E-state index is -0.253. The van der Waals surface area contributed by atoms with Crippen molar-refractivity contribution in [3.63, 3.8) is 0 Å². The van der Waals surface area contributed by atoms with Crippen LogP contribution in [0.2, 0.25) is 0 Å². The summed E-state index contributed by atoms with van der Waals surface area (Å²) >= 11 is 0. The molecular formula is C21H26N2O. The Labute approximate surface area is 144 Å². The van der Waals surface area contributed by atoms with Gasteiger partial charge in [0.1, 0.15) is 0 Å². The van der Waals surface area contributed by atoms with E-state index in [9.17, 15) is 4.79 Å². The summed E-state index contributed by atoms with van der Waals surface area (Å²) in [5, 5.41) is 3.14. The van der Waals surface area contributed by atoms with E-state index in [1.165, 1.54) is 5.56 Å². The summed E-state index contributed by atoms with van der Waals surface area (Å²) in [5.41, 5.74) is 2.23. The molecule has 2 aromatic rings. The van der Waals surface area contributed by atoms with Crippen LogP contribution in [0.1, 0.15) is 30.4 Å². The molecule has 3 heteroatoms. The van der Waals surface area contributed by atoms with Crippen molar-refractivity contribution < 1.29 is 4.79 Å². The predicted octanol–water partition coefficient (Wildman–Crippen LogP) is 3.36. The lowest BCUT2D eigenvalue weighted by atomic mass is 9.95. The van der Waals surface area contributed by atoms with E-state index in [0.29, 0.717) is 0 Å². The van der Waals surface area contributed by atoms with Gasteiger partial charge < -0.3 is 10.2 Å². The van der Waals surface area contributed by atoms with Gasteiger partial charge in [0, 0.05) is 13.1 Å². The molecule has 1 aliphatic carbocycles. The summed E-state index contributed by atoms with van der Waals surface area (Å²) in [4.78, 5) is 14.8. The molecule has 3 rings (SSSR count). The Bertz CT molecular complexity index is 650. The molecule has 2 aromatic carbocycles. The van der Waals surface area contributed by atoms with Gasteiger partial charge in [-0.25, -0.2) is 0 Å². The molecule has 3 nitrogen and oxygen atoms in total. The highest BCUT2D eigenvalue weighted by atomic mass is 16.2. The maximum Gasteiger partial charge on any atom is 0.230 e. The molecule has 0 aliphatic heterocycles. The number of rotatable bonds is 8. The zero-order chi connectivity index (χ0) is 16.8. The lowest BCUT2D eigenvalue weighted by molar-refractivity contribution is -0.123. The monoisotopic (exact) mass is 322 g/mol. The van der Waals surface area contributed by atoms with Gasteiger partial charge in [0.2, 0.25) is 5.91 Å². The molecule has 0 bridgehead atoms. The fraction of sp³-hybridized carbons (Fsp3) is 0.381. The summed E-state index contributed by atoms with van der Waals surface area (Å²) in [7, 11) is 2.13. The molecule has 0 radical (unpaired) electrons. The van der Waals surface area contributed by atoms with Crippen LogP contribution in [-0.4, -0.2) is 30.9 Å². The minimum absolute atomic E-state index is 0.194. The molecule has 0 aromatic heterocycles. The van der Waals surface area contributed by atoms with E-state index in [4.69, 9.17) is 0 Å². The number of amides is 1. The highest BCUT2D eigenvalue weighted by molar-refractivity contribution is 5.91. The van der Waals surface area contributed by atoms with Crippen molar-refractivity contribution in [2.75, 3.05) is 20.1 Å². The predicted molar refractivity (Wildman–Crippen MR) is 97.8 cm³/mol. The van der Waals surface area contributed by atoms with Crippen molar-refractivity contribution in [3.8, 4) is 0 Å². The normalized spacial score (nSPS) is 15.2. The highest BCUT2D eigenvalue weighted by Gasteiger charge is 2.50. The van der Waals surface area contributed by atoms with E-state index >= 15 is 0 Å². The second-order valence-corrected chi connectivity index (χ2v) is 6.78. The Hall–Kier alpha value is -2.13. The van der Waals surface area contributed by atoms with Gasteiger partial charge in [-0.2, -0.15) is 0 Å². The highest BCUT2D eigenvalue weighted by Crippen LogP contribution is 2.48. The van der Waals surface area contributed by atoms with Crippen molar-refractivity contribution >= 4 is 5.91 Å². The largest absolute Gasteiger partial charge is 0.355 e. The molecule has 24 heavy (non-hydrogen) atoms. The fourth-order valence-corrected chi connectivity index (χ4v) is 3.22. The first-order valence-electron chi connectivity index (χ1n) is 8.77. The third kappa shape index (κ3) is 4.04. The van der Waals surface area contributed by atoms with Gasteiger partial charge in [-0.05, 0) is 44.0 Å². The Morgan fingerprint density at radius 1 is 1.04 bits per heavy atom.